The lowest BCUT2D eigenvalue weighted by Gasteiger charge is -2.17. The molecule has 0 saturated carbocycles. The summed E-state index contributed by atoms with van der Waals surface area (Å²) < 4.78 is 7.24. The first-order chi connectivity index (χ1) is 17.4. The van der Waals surface area contributed by atoms with Crippen LogP contribution in [-0.2, 0) is 16.1 Å². The summed E-state index contributed by atoms with van der Waals surface area (Å²) in [5, 5.41) is 26.8. The van der Waals surface area contributed by atoms with Crippen molar-refractivity contribution in [2.45, 2.75) is 44.9 Å². The number of nitrogens with one attached hydrogen (secondary N) is 2. The highest BCUT2D eigenvalue weighted by molar-refractivity contribution is 5.85. The van der Waals surface area contributed by atoms with Crippen molar-refractivity contribution in [3.63, 3.8) is 0 Å². The molecule has 4 aromatic heterocycles. The molecular weight excluding hydrogens is 464 g/mol. The van der Waals surface area contributed by atoms with E-state index in [9.17, 15) is 15.0 Å². The van der Waals surface area contributed by atoms with Crippen molar-refractivity contribution < 1.29 is 19.7 Å². The minimum Gasteiger partial charge on any atom is -0.387 e. The van der Waals surface area contributed by atoms with Crippen molar-refractivity contribution in [1.29, 1.82) is 0 Å². The lowest BCUT2D eigenvalue weighted by Crippen LogP contribution is -2.41. The second-order valence-electron chi connectivity index (χ2n) is 8.69. The smallest absolute Gasteiger partial charge is 0.251 e. The van der Waals surface area contributed by atoms with Crippen molar-refractivity contribution in [1.82, 2.24) is 34.8 Å². The number of fused-ring (bicyclic) bond motifs is 1. The molecule has 186 valence electrons. The van der Waals surface area contributed by atoms with E-state index in [0.717, 1.165) is 16.8 Å². The molecule has 0 radical (unpaired) electrons. The van der Waals surface area contributed by atoms with Crippen LogP contribution in [0.5, 0.6) is 0 Å². The van der Waals surface area contributed by atoms with Crippen molar-refractivity contribution in [3.8, 4) is 11.4 Å². The minimum absolute atomic E-state index is 0.356. The van der Waals surface area contributed by atoms with E-state index in [1.807, 2.05) is 32.0 Å². The Hall–Kier alpha value is -4.00. The predicted octanol–water partition coefficient (Wildman–Crippen LogP) is 0.877. The van der Waals surface area contributed by atoms with Crippen LogP contribution in [0.4, 0.5) is 5.82 Å². The Balaban J connectivity index is 1.58. The second kappa shape index (κ2) is 9.57. The van der Waals surface area contributed by atoms with Gasteiger partial charge in [-0.3, -0.25) is 19.3 Å². The van der Waals surface area contributed by atoms with E-state index in [4.69, 9.17) is 14.7 Å². The zero-order valence-electron chi connectivity index (χ0n) is 20.0. The van der Waals surface area contributed by atoms with E-state index in [-0.39, 0.29) is 0 Å². The third-order valence-corrected chi connectivity index (χ3v) is 5.98. The number of aliphatic hydroxyl groups excluding tert-OH is 2. The number of hydrogen-bond acceptors (Lipinski definition) is 10. The van der Waals surface area contributed by atoms with Gasteiger partial charge in [0, 0.05) is 31.2 Å². The molecule has 1 amide bonds. The van der Waals surface area contributed by atoms with Gasteiger partial charge in [-0.15, -0.1) is 0 Å². The van der Waals surface area contributed by atoms with Gasteiger partial charge in [0.15, 0.2) is 35.1 Å². The van der Waals surface area contributed by atoms with Crippen LogP contribution in [0.3, 0.4) is 0 Å². The van der Waals surface area contributed by atoms with Crippen LogP contribution in [-0.4, -0.2) is 71.0 Å². The molecule has 5 heterocycles. The van der Waals surface area contributed by atoms with E-state index in [2.05, 4.69) is 25.6 Å². The lowest BCUT2D eigenvalue weighted by molar-refractivity contribution is -0.137. The Morgan fingerprint density at radius 1 is 1.11 bits per heavy atom. The Kier molecular flexibility index (Phi) is 6.31. The standard InChI is InChI=1S/C24H26N8O4/c1-12-4-5-27-15(7-12)10-28-21-16-22(31-20(30-21)14-6-13(2)8-26-9-14)32(11-29-16)24-18(34)17(33)19(36-24)23(35)25-3/h4-9,11,17-19,24,33-34H,10H2,1-3H3,(H,25,35)(H,28,30,31)/t17?,18?,19-,24?/m1/s1. The zero-order chi connectivity index (χ0) is 25.4. The van der Waals surface area contributed by atoms with Crippen molar-refractivity contribution in [2.24, 2.45) is 0 Å². The molecule has 5 rings (SSSR count). The summed E-state index contributed by atoms with van der Waals surface area (Å²) in [7, 11) is 1.43. The summed E-state index contributed by atoms with van der Waals surface area (Å²) in [5.41, 5.74) is 4.33. The molecule has 0 aromatic carbocycles. The van der Waals surface area contributed by atoms with Crippen molar-refractivity contribution in [2.75, 3.05) is 12.4 Å². The number of carbonyl (C=O) groups excluding carboxylic acids is 1. The van der Waals surface area contributed by atoms with Crippen LogP contribution in [0.1, 0.15) is 23.0 Å². The van der Waals surface area contributed by atoms with Gasteiger partial charge in [-0.25, -0.2) is 15.0 Å². The van der Waals surface area contributed by atoms with Crippen LogP contribution >= 0.6 is 0 Å². The van der Waals surface area contributed by atoms with Gasteiger partial charge in [0.1, 0.15) is 12.2 Å². The average molecular weight is 491 g/mol. The maximum atomic E-state index is 12.1. The third-order valence-electron chi connectivity index (χ3n) is 5.98. The topological polar surface area (TPSA) is 160 Å². The predicted molar refractivity (Wildman–Crippen MR) is 130 cm³/mol. The van der Waals surface area contributed by atoms with Crippen LogP contribution in [0.15, 0.2) is 43.1 Å². The zero-order valence-corrected chi connectivity index (χ0v) is 20.0. The number of imidazole rings is 1. The van der Waals surface area contributed by atoms with E-state index < -0.39 is 30.4 Å². The summed E-state index contributed by atoms with van der Waals surface area (Å²) in [6, 6.07) is 5.80. The van der Waals surface area contributed by atoms with Crippen LogP contribution in [0.2, 0.25) is 0 Å². The lowest BCUT2D eigenvalue weighted by atomic mass is 10.1. The molecule has 1 saturated heterocycles. The maximum Gasteiger partial charge on any atom is 0.251 e. The van der Waals surface area contributed by atoms with Gasteiger partial charge in [-0.2, -0.15) is 0 Å². The molecule has 0 spiro atoms. The van der Waals surface area contributed by atoms with Gasteiger partial charge in [-0.1, -0.05) is 0 Å². The Morgan fingerprint density at radius 3 is 2.69 bits per heavy atom. The van der Waals surface area contributed by atoms with Gasteiger partial charge in [0.2, 0.25) is 0 Å². The van der Waals surface area contributed by atoms with Gasteiger partial charge in [0.25, 0.3) is 5.91 Å². The quantitative estimate of drug-likeness (QED) is 0.305. The fourth-order valence-electron chi connectivity index (χ4n) is 4.15. The number of nitrogens with zero attached hydrogens (tertiary/aromatic N) is 6. The Labute approximate surface area is 206 Å². The highest BCUT2D eigenvalue weighted by atomic mass is 16.6. The van der Waals surface area contributed by atoms with E-state index in [0.29, 0.717) is 34.9 Å². The number of pyridine rings is 2. The maximum absolute atomic E-state index is 12.1. The largest absolute Gasteiger partial charge is 0.387 e. The molecule has 0 aliphatic carbocycles. The number of anilines is 1. The fraction of sp³-hybridized carbons (Fsp3) is 0.333. The molecule has 4 atom stereocenters. The number of rotatable bonds is 6. The second-order valence-corrected chi connectivity index (χ2v) is 8.69. The number of carbonyl (C=O) groups is 1. The molecular formula is C24H26N8O4. The number of hydrogen-bond donors (Lipinski definition) is 4. The normalized spacial score (nSPS) is 21.6. The molecule has 12 heteroatoms. The number of aryl methyl sites for hydroxylation is 2. The Bertz CT molecular complexity index is 1420. The molecule has 0 bridgehead atoms. The minimum atomic E-state index is -1.42. The summed E-state index contributed by atoms with van der Waals surface area (Å²) in [5.74, 6) is 0.299. The average Bonchev–Trinajstić information content (AvgIpc) is 3.43. The summed E-state index contributed by atoms with van der Waals surface area (Å²) in [6.07, 6.45) is 1.46. The highest BCUT2D eigenvalue weighted by Crippen LogP contribution is 2.33. The number of ether oxygens (including phenoxy) is 1. The first kappa shape index (κ1) is 23.7. The molecule has 36 heavy (non-hydrogen) atoms. The van der Waals surface area contributed by atoms with Gasteiger partial charge < -0.3 is 25.6 Å². The summed E-state index contributed by atoms with van der Waals surface area (Å²) in [4.78, 5) is 34.6. The first-order valence-electron chi connectivity index (χ1n) is 11.4. The number of amides is 1. The number of likely N-dealkylation sites (N-methyl/N-ethyl adjacent to an activating group) is 1. The first-order valence-corrected chi connectivity index (χ1v) is 11.4. The molecule has 4 N–H and O–H groups in total. The highest BCUT2D eigenvalue weighted by Gasteiger charge is 2.47. The van der Waals surface area contributed by atoms with Crippen molar-refractivity contribution >= 4 is 22.9 Å². The van der Waals surface area contributed by atoms with Crippen LogP contribution in [0.25, 0.3) is 22.6 Å². The molecule has 1 aliphatic rings. The third kappa shape index (κ3) is 4.37. The van der Waals surface area contributed by atoms with Gasteiger partial charge in [-0.05, 0) is 43.2 Å². The summed E-state index contributed by atoms with van der Waals surface area (Å²) >= 11 is 0. The van der Waals surface area contributed by atoms with E-state index in [1.165, 1.54) is 17.9 Å². The molecule has 1 fully saturated rings. The fourth-order valence-corrected chi connectivity index (χ4v) is 4.15. The molecule has 4 aromatic rings. The SMILES string of the molecule is CNC(=O)[C@@H]1OC(n2cnc3c(NCc4cc(C)ccn4)nc(-c4cncc(C)c4)nc32)C(O)C1O. The van der Waals surface area contributed by atoms with Gasteiger partial charge in [0.05, 0.1) is 18.6 Å². The van der Waals surface area contributed by atoms with Crippen LogP contribution < -0.4 is 10.6 Å². The van der Waals surface area contributed by atoms with E-state index >= 15 is 0 Å². The molecule has 12 nitrogen and oxygen atoms in total. The molecule has 3 unspecified atom stereocenters. The molecule has 1 aliphatic heterocycles. The van der Waals surface area contributed by atoms with Gasteiger partial charge >= 0.3 is 0 Å². The number of aliphatic hydroxyl groups is 2. The number of aromatic nitrogens is 6. The van der Waals surface area contributed by atoms with E-state index in [1.54, 1.807) is 18.6 Å². The Morgan fingerprint density at radius 2 is 1.94 bits per heavy atom. The monoisotopic (exact) mass is 490 g/mol. The summed E-state index contributed by atoms with van der Waals surface area (Å²) in [6.45, 7) is 4.31. The van der Waals surface area contributed by atoms with Crippen LogP contribution in [0, 0.1) is 13.8 Å². The van der Waals surface area contributed by atoms with Crippen molar-refractivity contribution in [3.05, 3.63) is 59.9 Å².